The van der Waals surface area contributed by atoms with Crippen molar-refractivity contribution >= 4 is 5.65 Å². The van der Waals surface area contributed by atoms with Gasteiger partial charge in [0.2, 0.25) is 0 Å². The maximum Gasteiger partial charge on any atom is 0.155 e. The van der Waals surface area contributed by atoms with Crippen molar-refractivity contribution in [3.63, 3.8) is 0 Å². The van der Waals surface area contributed by atoms with Gasteiger partial charge in [0.25, 0.3) is 0 Å². The molecule has 2 heterocycles. The van der Waals surface area contributed by atoms with Gasteiger partial charge in [0.15, 0.2) is 5.65 Å². The van der Waals surface area contributed by atoms with Crippen LogP contribution < -0.4 is 5.73 Å². The Morgan fingerprint density at radius 3 is 2.93 bits per heavy atom. The molecule has 0 amide bonds. The first-order chi connectivity index (χ1) is 7.20. The molecule has 0 saturated carbocycles. The molecule has 0 aliphatic carbocycles. The van der Waals surface area contributed by atoms with Gasteiger partial charge in [-0.05, 0) is 18.4 Å². The largest absolute Gasteiger partial charge is 0.325 e. The van der Waals surface area contributed by atoms with Gasteiger partial charge in [-0.15, -0.1) is 0 Å². The first-order valence-corrected chi connectivity index (χ1v) is 5.23. The number of fused-ring (bicyclic) bond motifs is 1. The quantitative estimate of drug-likeness (QED) is 0.822. The molecule has 4 nitrogen and oxygen atoms in total. The molecular formula is C11H16N4. The van der Waals surface area contributed by atoms with Gasteiger partial charge in [-0.2, -0.15) is 5.10 Å². The SMILES string of the molecule is CC(C)Cc1cc2nccc(CN)n2n1. The van der Waals surface area contributed by atoms with Gasteiger partial charge in [0.1, 0.15) is 0 Å². The highest BCUT2D eigenvalue weighted by Gasteiger charge is 2.06. The number of nitrogens with zero attached hydrogens (tertiary/aromatic N) is 3. The maximum atomic E-state index is 5.64. The lowest BCUT2D eigenvalue weighted by Crippen LogP contribution is -2.06. The standard InChI is InChI=1S/C11H16N4/c1-8(2)5-9-6-11-13-4-3-10(7-12)15(11)14-9/h3-4,6,8H,5,7,12H2,1-2H3. The second-order valence-corrected chi connectivity index (χ2v) is 4.14. The zero-order valence-corrected chi connectivity index (χ0v) is 9.14. The van der Waals surface area contributed by atoms with E-state index in [1.54, 1.807) is 6.20 Å². The van der Waals surface area contributed by atoms with Gasteiger partial charge in [-0.25, -0.2) is 9.50 Å². The number of hydrogen-bond acceptors (Lipinski definition) is 3. The molecular weight excluding hydrogens is 188 g/mol. The fourth-order valence-electron chi connectivity index (χ4n) is 1.66. The van der Waals surface area contributed by atoms with E-state index < -0.39 is 0 Å². The molecule has 0 atom stereocenters. The first kappa shape index (κ1) is 10.1. The molecule has 4 heteroatoms. The Kier molecular flexibility index (Phi) is 2.68. The van der Waals surface area contributed by atoms with Crippen LogP contribution in [-0.2, 0) is 13.0 Å². The van der Waals surface area contributed by atoms with Crippen LogP contribution in [0.15, 0.2) is 18.3 Å². The molecule has 0 saturated heterocycles. The molecule has 2 aromatic rings. The van der Waals surface area contributed by atoms with E-state index in [-0.39, 0.29) is 0 Å². The van der Waals surface area contributed by atoms with Crippen LogP contribution in [0, 0.1) is 5.92 Å². The summed E-state index contributed by atoms with van der Waals surface area (Å²) >= 11 is 0. The summed E-state index contributed by atoms with van der Waals surface area (Å²) in [5, 5.41) is 4.50. The highest BCUT2D eigenvalue weighted by atomic mass is 15.3. The van der Waals surface area contributed by atoms with Crippen LogP contribution in [0.2, 0.25) is 0 Å². The minimum absolute atomic E-state index is 0.488. The van der Waals surface area contributed by atoms with Crippen molar-refractivity contribution in [3.8, 4) is 0 Å². The minimum Gasteiger partial charge on any atom is -0.325 e. The molecule has 0 aliphatic rings. The topological polar surface area (TPSA) is 56.2 Å². The summed E-state index contributed by atoms with van der Waals surface area (Å²) in [6, 6.07) is 3.93. The lowest BCUT2D eigenvalue weighted by Gasteiger charge is -2.00. The smallest absolute Gasteiger partial charge is 0.155 e. The first-order valence-electron chi connectivity index (χ1n) is 5.23. The zero-order chi connectivity index (χ0) is 10.8. The molecule has 15 heavy (non-hydrogen) atoms. The second-order valence-electron chi connectivity index (χ2n) is 4.14. The van der Waals surface area contributed by atoms with Gasteiger partial charge in [-0.3, -0.25) is 0 Å². The van der Waals surface area contributed by atoms with Crippen LogP contribution in [0.3, 0.4) is 0 Å². The molecule has 2 N–H and O–H groups in total. The van der Waals surface area contributed by atoms with E-state index in [1.807, 2.05) is 16.6 Å². The molecule has 0 fully saturated rings. The molecule has 0 spiro atoms. The number of aromatic nitrogens is 3. The third-order valence-electron chi connectivity index (χ3n) is 2.31. The lowest BCUT2D eigenvalue weighted by molar-refractivity contribution is 0.628. The monoisotopic (exact) mass is 204 g/mol. The Morgan fingerprint density at radius 2 is 2.27 bits per heavy atom. The van der Waals surface area contributed by atoms with Gasteiger partial charge in [-0.1, -0.05) is 13.8 Å². The molecule has 0 radical (unpaired) electrons. The van der Waals surface area contributed by atoms with Crippen LogP contribution in [-0.4, -0.2) is 14.6 Å². The van der Waals surface area contributed by atoms with Crippen molar-refractivity contribution in [2.45, 2.75) is 26.8 Å². The van der Waals surface area contributed by atoms with E-state index in [9.17, 15) is 0 Å². The van der Waals surface area contributed by atoms with Crippen LogP contribution in [0.4, 0.5) is 0 Å². The summed E-state index contributed by atoms with van der Waals surface area (Å²) in [7, 11) is 0. The summed E-state index contributed by atoms with van der Waals surface area (Å²) < 4.78 is 1.83. The van der Waals surface area contributed by atoms with Crippen LogP contribution in [0.5, 0.6) is 0 Å². The van der Waals surface area contributed by atoms with Crippen molar-refractivity contribution < 1.29 is 0 Å². The third kappa shape index (κ3) is 1.99. The highest BCUT2D eigenvalue weighted by molar-refractivity contribution is 5.40. The van der Waals surface area contributed by atoms with Crippen molar-refractivity contribution in [1.82, 2.24) is 14.6 Å². The Morgan fingerprint density at radius 1 is 1.47 bits per heavy atom. The average Bonchev–Trinajstić information content (AvgIpc) is 2.58. The van der Waals surface area contributed by atoms with Crippen molar-refractivity contribution in [1.29, 1.82) is 0 Å². The van der Waals surface area contributed by atoms with E-state index in [4.69, 9.17) is 5.73 Å². The summed E-state index contributed by atoms with van der Waals surface area (Å²) in [6.07, 6.45) is 2.76. The normalized spacial score (nSPS) is 11.5. The van der Waals surface area contributed by atoms with E-state index in [0.717, 1.165) is 23.5 Å². The Labute approximate surface area is 89.1 Å². The Bertz CT molecular complexity index is 459. The Hall–Kier alpha value is -1.42. The van der Waals surface area contributed by atoms with Gasteiger partial charge < -0.3 is 5.73 Å². The van der Waals surface area contributed by atoms with E-state index in [1.165, 1.54) is 0 Å². The van der Waals surface area contributed by atoms with Crippen LogP contribution >= 0.6 is 0 Å². The summed E-state index contributed by atoms with van der Waals surface area (Å²) in [5.74, 6) is 0.608. The summed E-state index contributed by atoms with van der Waals surface area (Å²) in [4.78, 5) is 4.26. The van der Waals surface area contributed by atoms with Gasteiger partial charge >= 0.3 is 0 Å². The van der Waals surface area contributed by atoms with E-state index in [2.05, 4.69) is 23.9 Å². The molecule has 2 rings (SSSR count). The zero-order valence-electron chi connectivity index (χ0n) is 9.14. The molecule has 2 aromatic heterocycles. The number of hydrogen-bond donors (Lipinski definition) is 1. The summed E-state index contributed by atoms with van der Waals surface area (Å²) in [5.41, 5.74) is 8.60. The molecule has 0 bridgehead atoms. The molecule has 0 aliphatic heterocycles. The third-order valence-corrected chi connectivity index (χ3v) is 2.31. The predicted octanol–water partition coefficient (Wildman–Crippen LogP) is 1.39. The highest BCUT2D eigenvalue weighted by Crippen LogP contribution is 2.10. The van der Waals surface area contributed by atoms with Gasteiger partial charge in [0, 0.05) is 18.8 Å². The average molecular weight is 204 g/mol. The van der Waals surface area contributed by atoms with Crippen molar-refractivity contribution in [3.05, 3.63) is 29.7 Å². The lowest BCUT2D eigenvalue weighted by atomic mass is 10.1. The maximum absolute atomic E-state index is 5.64. The fraction of sp³-hybridized carbons (Fsp3) is 0.455. The van der Waals surface area contributed by atoms with Crippen molar-refractivity contribution in [2.24, 2.45) is 11.7 Å². The van der Waals surface area contributed by atoms with E-state index in [0.29, 0.717) is 12.5 Å². The molecule has 0 aromatic carbocycles. The second kappa shape index (κ2) is 3.98. The molecule has 80 valence electrons. The minimum atomic E-state index is 0.488. The number of nitrogens with two attached hydrogens (primary N) is 1. The van der Waals surface area contributed by atoms with Crippen LogP contribution in [0.1, 0.15) is 25.2 Å². The predicted molar refractivity (Wildman–Crippen MR) is 59.4 cm³/mol. The molecule has 0 unspecified atom stereocenters. The fourth-order valence-corrected chi connectivity index (χ4v) is 1.66. The van der Waals surface area contributed by atoms with Gasteiger partial charge in [0.05, 0.1) is 11.4 Å². The van der Waals surface area contributed by atoms with E-state index >= 15 is 0 Å². The summed E-state index contributed by atoms with van der Waals surface area (Å²) in [6.45, 7) is 4.85. The Balaban J connectivity index is 2.45. The van der Waals surface area contributed by atoms with Crippen molar-refractivity contribution in [2.75, 3.05) is 0 Å². The van der Waals surface area contributed by atoms with Crippen LogP contribution in [0.25, 0.3) is 5.65 Å². The number of rotatable bonds is 3.